The highest BCUT2D eigenvalue weighted by Gasteiger charge is 2.37. The fourth-order valence-electron chi connectivity index (χ4n) is 3.65. The van der Waals surface area contributed by atoms with Crippen molar-refractivity contribution in [1.82, 2.24) is 9.80 Å². The highest BCUT2D eigenvalue weighted by atomic mass is 35.5. The number of halogens is 1. The Balaban J connectivity index is 1.45. The lowest BCUT2D eigenvalue weighted by Crippen LogP contribution is -2.40. The lowest BCUT2D eigenvalue weighted by molar-refractivity contribution is -0.135. The number of methoxy groups -OCH3 is 1. The first-order valence-electron chi connectivity index (χ1n) is 10.5. The molecule has 172 valence electrons. The molecule has 0 aromatic heterocycles. The number of amides is 3. The van der Waals surface area contributed by atoms with Gasteiger partial charge in [0.2, 0.25) is 5.91 Å². The first-order chi connectivity index (χ1) is 16.0. The van der Waals surface area contributed by atoms with Gasteiger partial charge in [-0.25, -0.2) is 0 Å². The van der Waals surface area contributed by atoms with Crippen LogP contribution in [0.25, 0.3) is 6.08 Å². The van der Waals surface area contributed by atoms with E-state index in [0.29, 0.717) is 35.2 Å². The molecule has 0 spiro atoms. The highest BCUT2D eigenvalue weighted by molar-refractivity contribution is 8.18. The van der Waals surface area contributed by atoms with Crippen molar-refractivity contribution >= 4 is 46.5 Å². The van der Waals surface area contributed by atoms with E-state index in [2.05, 4.69) is 0 Å². The Bertz CT molecular complexity index is 1110. The van der Waals surface area contributed by atoms with Crippen LogP contribution in [0.5, 0.6) is 11.5 Å². The Morgan fingerprint density at radius 1 is 1.12 bits per heavy atom. The van der Waals surface area contributed by atoms with Crippen LogP contribution in [0, 0.1) is 0 Å². The molecule has 0 atom stereocenters. The van der Waals surface area contributed by atoms with E-state index in [-0.39, 0.29) is 24.0 Å². The summed E-state index contributed by atoms with van der Waals surface area (Å²) in [6, 6.07) is 12.7. The molecule has 2 aromatic carbocycles. The molecular weight excluding hydrogens is 464 g/mol. The second-order valence-corrected chi connectivity index (χ2v) is 9.05. The summed E-state index contributed by atoms with van der Waals surface area (Å²) in [7, 11) is 1.53. The van der Waals surface area contributed by atoms with Crippen molar-refractivity contribution in [3.05, 3.63) is 63.5 Å². The average molecular weight is 487 g/mol. The molecule has 0 bridgehead atoms. The number of nitrogens with zero attached hydrogens (tertiary/aromatic N) is 2. The van der Waals surface area contributed by atoms with Crippen LogP contribution in [-0.2, 0) is 16.2 Å². The van der Waals surface area contributed by atoms with Gasteiger partial charge in [0.25, 0.3) is 11.1 Å². The van der Waals surface area contributed by atoms with E-state index >= 15 is 0 Å². The molecule has 9 heteroatoms. The number of carbonyl (C=O) groups excluding carboxylic acids is 3. The molecule has 0 unspecified atom stereocenters. The van der Waals surface area contributed by atoms with E-state index in [1.54, 1.807) is 35.2 Å². The van der Waals surface area contributed by atoms with Gasteiger partial charge in [0.05, 0.1) is 12.0 Å². The van der Waals surface area contributed by atoms with Crippen LogP contribution in [0.3, 0.4) is 0 Å². The van der Waals surface area contributed by atoms with Crippen molar-refractivity contribution in [1.29, 1.82) is 0 Å². The molecule has 33 heavy (non-hydrogen) atoms. The Morgan fingerprint density at radius 2 is 1.88 bits per heavy atom. The first kappa shape index (κ1) is 23.2. The molecule has 2 heterocycles. The molecule has 2 aliphatic heterocycles. The molecule has 7 nitrogen and oxygen atoms in total. The number of hydrogen-bond donors (Lipinski definition) is 0. The predicted octanol–water partition coefficient (Wildman–Crippen LogP) is 4.59. The molecule has 2 aliphatic rings. The van der Waals surface area contributed by atoms with Gasteiger partial charge < -0.3 is 14.4 Å². The van der Waals surface area contributed by atoms with Gasteiger partial charge in [0, 0.05) is 23.7 Å². The number of carbonyl (C=O) groups is 3. The lowest BCUT2D eigenvalue weighted by atomic mass is 10.1. The van der Waals surface area contributed by atoms with Gasteiger partial charge in [0.15, 0.2) is 11.5 Å². The maximum Gasteiger partial charge on any atom is 0.294 e. The van der Waals surface area contributed by atoms with Crippen LogP contribution >= 0.6 is 23.4 Å². The van der Waals surface area contributed by atoms with Gasteiger partial charge in [-0.15, -0.1) is 0 Å². The molecule has 0 radical (unpaired) electrons. The zero-order valence-corrected chi connectivity index (χ0v) is 19.7. The monoisotopic (exact) mass is 486 g/mol. The van der Waals surface area contributed by atoms with Crippen molar-refractivity contribution in [2.45, 2.75) is 19.4 Å². The number of benzene rings is 2. The molecule has 0 aliphatic carbocycles. The normalized spacial score (nSPS) is 17.2. The fraction of sp³-hybridized carbons (Fsp3) is 0.292. The quantitative estimate of drug-likeness (QED) is 0.533. The molecule has 2 aromatic rings. The maximum atomic E-state index is 12.8. The Kier molecular flexibility index (Phi) is 7.25. The molecule has 0 saturated carbocycles. The third kappa shape index (κ3) is 5.34. The molecule has 4 rings (SSSR count). The van der Waals surface area contributed by atoms with E-state index in [1.165, 1.54) is 7.11 Å². The van der Waals surface area contributed by atoms with Crippen LogP contribution in [0.2, 0.25) is 5.02 Å². The van der Waals surface area contributed by atoms with Gasteiger partial charge in [-0.05, 0) is 54.4 Å². The van der Waals surface area contributed by atoms with E-state index in [1.807, 2.05) is 18.2 Å². The summed E-state index contributed by atoms with van der Waals surface area (Å²) in [5.74, 6) is 0.353. The second-order valence-electron chi connectivity index (χ2n) is 7.65. The molecule has 2 fully saturated rings. The van der Waals surface area contributed by atoms with Gasteiger partial charge in [-0.3, -0.25) is 19.3 Å². The Hall–Kier alpha value is -2.97. The number of ether oxygens (including phenoxy) is 2. The summed E-state index contributed by atoms with van der Waals surface area (Å²) in [4.78, 5) is 40.5. The fourth-order valence-corrected chi connectivity index (χ4v) is 4.68. The number of imide groups is 1. The number of hydrogen-bond acceptors (Lipinski definition) is 6. The standard InChI is InChI=1S/C24H23ClN2O5S/c1-31-20-12-16(8-9-19(20)32-15-17-6-2-3-7-18(17)25)13-21-23(29)27(24(30)33-21)14-22(28)26-10-4-5-11-26/h2-3,6-9,12-13H,4-5,10-11,14-15H2,1H3/b21-13-. The summed E-state index contributed by atoms with van der Waals surface area (Å²) in [6.07, 6.45) is 3.52. The number of likely N-dealkylation sites (tertiary alicyclic amines) is 1. The van der Waals surface area contributed by atoms with E-state index in [0.717, 1.165) is 35.1 Å². The van der Waals surface area contributed by atoms with Crippen molar-refractivity contribution in [2.24, 2.45) is 0 Å². The van der Waals surface area contributed by atoms with Crippen molar-refractivity contribution in [3.63, 3.8) is 0 Å². The molecule has 0 N–H and O–H groups in total. The summed E-state index contributed by atoms with van der Waals surface area (Å²) < 4.78 is 11.3. The minimum Gasteiger partial charge on any atom is -0.493 e. The molecular formula is C24H23ClN2O5S. The third-order valence-corrected chi connectivity index (χ3v) is 6.73. The first-order valence-corrected chi connectivity index (χ1v) is 11.7. The van der Waals surface area contributed by atoms with E-state index in [4.69, 9.17) is 21.1 Å². The smallest absolute Gasteiger partial charge is 0.294 e. The number of rotatable bonds is 7. The summed E-state index contributed by atoms with van der Waals surface area (Å²) >= 11 is 7.01. The zero-order chi connectivity index (χ0) is 23.4. The zero-order valence-electron chi connectivity index (χ0n) is 18.1. The van der Waals surface area contributed by atoms with Crippen LogP contribution in [0.1, 0.15) is 24.0 Å². The van der Waals surface area contributed by atoms with Gasteiger partial charge in [-0.2, -0.15) is 0 Å². The van der Waals surface area contributed by atoms with Crippen molar-refractivity contribution in [3.8, 4) is 11.5 Å². The van der Waals surface area contributed by atoms with E-state index in [9.17, 15) is 14.4 Å². The molecule has 3 amide bonds. The minimum absolute atomic E-state index is 0.197. The molecule has 2 saturated heterocycles. The van der Waals surface area contributed by atoms with E-state index < -0.39 is 11.1 Å². The van der Waals surface area contributed by atoms with Crippen LogP contribution in [0.4, 0.5) is 4.79 Å². The second kappa shape index (κ2) is 10.3. The minimum atomic E-state index is -0.462. The Morgan fingerprint density at radius 3 is 2.61 bits per heavy atom. The predicted molar refractivity (Wildman–Crippen MR) is 127 cm³/mol. The van der Waals surface area contributed by atoms with Crippen LogP contribution < -0.4 is 9.47 Å². The van der Waals surface area contributed by atoms with Gasteiger partial charge in [-0.1, -0.05) is 35.9 Å². The largest absolute Gasteiger partial charge is 0.493 e. The Labute approximate surface area is 201 Å². The summed E-state index contributed by atoms with van der Waals surface area (Å²) in [5.41, 5.74) is 1.52. The highest BCUT2D eigenvalue weighted by Crippen LogP contribution is 2.35. The SMILES string of the molecule is COc1cc(/C=C2\SC(=O)N(CC(=O)N3CCCC3)C2=O)ccc1OCc1ccccc1Cl. The van der Waals surface area contributed by atoms with Crippen molar-refractivity contribution in [2.75, 3.05) is 26.7 Å². The maximum absolute atomic E-state index is 12.8. The van der Waals surface area contributed by atoms with Gasteiger partial charge >= 0.3 is 0 Å². The average Bonchev–Trinajstić information content (AvgIpc) is 3.44. The number of thioether (sulfide) groups is 1. The third-order valence-electron chi connectivity index (χ3n) is 5.45. The van der Waals surface area contributed by atoms with Gasteiger partial charge in [0.1, 0.15) is 13.2 Å². The van der Waals surface area contributed by atoms with Crippen LogP contribution in [0.15, 0.2) is 47.4 Å². The summed E-state index contributed by atoms with van der Waals surface area (Å²) in [6.45, 7) is 1.41. The van der Waals surface area contributed by atoms with Crippen molar-refractivity contribution < 1.29 is 23.9 Å². The summed E-state index contributed by atoms with van der Waals surface area (Å²) in [5, 5.41) is 0.178. The lowest BCUT2D eigenvalue weighted by Gasteiger charge is -2.18. The topological polar surface area (TPSA) is 76.2 Å². The van der Waals surface area contributed by atoms with Crippen LogP contribution in [-0.4, -0.2) is 53.6 Å².